The third-order valence-corrected chi connectivity index (χ3v) is 3.26. The van der Waals surface area contributed by atoms with Crippen LogP contribution < -0.4 is 5.32 Å². The number of aliphatic hydroxyl groups is 1. The molecule has 1 aliphatic heterocycles. The van der Waals surface area contributed by atoms with E-state index in [-0.39, 0.29) is 6.10 Å². The summed E-state index contributed by atoms with van der Waals surface area (Å²) in [5.74, 6) is 0. The van der Waals surface area contributed by atoms with E-state index in [0.717, 1.165) is 19.4 Å². The van der Waals surface area contributed by atoms with Crippen LogP contribution in [0.2, 0.25) is 0 Å². The van der Waals surface area contributed by atoms with Crippen molar-refractivity contribution in [3.8, 4) is 0 Å². The summed E-state index contributed by atoms with van der Waals surface area (Å²) in [5.41, 5.74) is 0.642. The number of nitrogens with one attached hydrogen (secondary N) is 1. The van der Waals surface area contributed by atoms with Gasteiger partial charge in [0.25, 0.3) is 0 Å². The van der Waals surface area contributed by atoms with Crippen LogP contribution >= 0.6 is 0 Å². The van der Waals surface area contributed by atoms with E-state index in [1.165, 1.54) is 5.56 Å². The van der Waals surface area contributed by atoms with Crippen molar-refractivity contribution in [1.82, 2.24) is 5.32 Å². The Balaban J connectivity index is 1.78. The van der Waals surface area contributed by atoms with Gasteiger partial charge in [-0.2, -0.15) is 0 Å². The summed E-state index contributed by atoms with van der Waals surface area (Å²) in [7, 11) is 0. The molecule has 2 rings (SSSR count). The van der Waals surface area contributed by atoms with E-state index in [0.29, 0.717) is 13.2 Å². The maximum absolute atomic E-state index is 10.4. The molecule has 94 valence electrons. The lowest BCUT2D eigenvalue weighted by atomic mass is 9.91. The van der Waals surface area contributed by atoms with Crippen LogP contribution in [0.5, 0.6) is 0 Å². The predicted octanol–water partition coefficient (Wildman–Crippen LogP) is 1.71. The molecular weight excluding hydrogens is 214 g/mol. The van der Waals surface area contributed by atoms with Crippen LogP contribution in [0.4, 0.5) is 0 Å². The van der Waals surface area contributed by atoms with Gasteiger partial charge in [-0.25, -0.2) is 0 Å². The standard InChI is InChI=1S/C14H21NO2/c1-12-9-14(16,7-8-17-12)11-15-10-13-5-3-2-4-6-13/h2-6,12,15-16H,7-11H2,1H3/t12-,14+/m1/s1. The highest BCUT2D eigenvalue weighted by atomic mass is 16.5. The second-order valence-electron chi connectivity index (χ2n) is 4.95. The lowest BCUT2D eigenvalue weighted by Crippen LogP contribution is -2.47. The summed E-state index contributed by atoms with van der Waals surface area (Å²) in [6.45, 7) is 4.11. The first-order valence-electron chi connectivity index (χ1n) is 6.27. The largest absolute Gasteiger partial charge is 0.388 e. The predicted molar refractivity (Wildman–Crippen MR) is 67.7 cm³/mol. The maximum atomic E-state index is 10.4. The van der Waals surface area contributed by atoms with E-state index in [4.69, 9.17) is 4.74 Å². The van der Waals surface area contributed by atoms with Crippen molar-refractivity contribution in [3.05, 3.63) is 35.9 Å². The number of hydrogen-bond donors (Lipinski definition) is 2. The molecule has 1 aliphatic rings. The summed E-state index contributed by atoms with van der Waals surface area (Å²) in [6.07, 6.45) is 1.60. The molecule has 1 aromatic carbocycles. The fourth-order valence-corrected chi connectivity index (χ4v) is 2.34. The summed E-state index contributed by atoms with van der Waals surface area (Å²) in [4.78, 5) is 0. The van der Waals surface area contributed by atoms with E-state index >= 15 is 0 Å². The van der Waals surface area contributed by atoms with Crippen molar-refractivity contribution >= 4 is 0 Å². The highest BCUT2D eigenvalue weighted by Crippen LogP contribution is 2.23. The smallest absolute Gasteiger partial charge is 0.0818 e. The van der Waals surface area contributed by atoms with E-state index in [1.54, 1.807) is 0 Å². The Labute approximate surface area is 103 Å². The Morgan fingerprint density at radius 2 is 2.18 bits per heavy atom. The lowest BCUT2D eigenvalue weighted by molar-refractivity contribution is -0.0951. The molecule has 0 bridgehead atoms. The molecule has 2 atom stereocenters. The zero-order valence-electron chi connectivity index (χ0n) is 10.4. The van der Waals surface area contributed by atoms with E-state index in [9.17, 15) is 5.11 Å². The van der Waals surface area contributed by atoms with Gasteiger partial charge in [-0.05, 0) is 12.5 Å². The maximum Gasteiger partial charge on any atom is 0.0818 e. The molecular formula is C14H21NO2. The molecule has 1 saturated heterocycles. The Morgan fingerprint density at radius 1 is 1.41 bits per heavy atom. The summed E-state index contributed by atoms with van der Waals surface area (Å²) in [6, 6.07) is 10.2. The SMILES string of the molecule is C[C@@H]1C[C@](O)(CNCc2ccccc2)CCO1. The molecule has 1 fully saturated rings. The summed E-state index contributed by atoms with van der Waals surface area (Å²) < 4.78 is 5.45. The Bertz CT molecular complexity index is 341. The molecule has 2 N–H and O–H groups in total. The number of ether oxygens (including phenoxy) is 1. The fourth-order valence-electron chi connectivity index (χ4n) is 2.34. The lowest BCUT2D eigenvalue weighted by Gasteiger charge is -2.35. The molecule has 0 amide bonds. The van der Waals surface area contributed by atoms with Crippen LogP contribution in [0.3, 0.4) is 0 Å². The normalized spacial score (nSPS) is 29.2. The zero-order valence-corrected chi connectivity index (χ0v) is 10.4. The van der Waals surface area contributed by atoms with Gasteiger partial charge in [0.05, 0.1) is 11.7 Å². The van der Waals surface area contributed by atoms with Gasteiger partial charge in [0.15, 0.2) is 0 Å². The van der Waals surface area contributed by atoms with Gasteiger partial charge in [-0.3, -0.25) is 0 Å². The zero-order chi connectivity index (χ0) is 12.1. The van der Waals surface area contributed by atoms with Gasteiger partial charge in [0, 0.05) is 32.5 Å². The van der Waals surface area contributed by atoms with Crippen molar-refractivity contribution in [3.63, 3.8) is 0 Å². The van der Waals surface area contributed by atoms with Crippen LogP contribution in [0.25, 0.3) is 0 Å². The van der Waals surface area contributed by atoms with Crippen LogP contribution in [0.15, 0.2) is 30.3 Å². The van der Waals surface area contributed by atoms with Crippen molar-refractivity contribution in [2.45, 2.75) is 38.0 Å². The fraction of sp³-hybridized carbons (Fsp3) is 0.571. The first-order chi connectivity index (χ1) is 8.18. The molecule has 0 radical (unpaired) electrons. The Kier molecular flexibility index (Phi) is 4.15. The Hall–Kier alpha value is -0.900. The minimum absolute atomic E-state index is 0.160. The number of rotatable bonds is 4. The molecule has 3 heteroatoms. The van der Waals surface area contributed by atoms with Crippen molar-refractivity contribution in [2.75, 3.05) is 13.2 Å². The molecule has 0 unspecified atom stereocenters. The molecule has 1 heterocycles. The monoisotopic (exact) mass is 235 g/mol. The summed E-state index contributed by atoms with van der Waals surface area (Å²) in [5, 5.41) is 13.7. The molecule has 3 nitrogen and oxygen atoms in total. The molecule has 1 aromatic rings. The molecule has 0 aromatic heterocycles. The van der Waals surface area contributed by atoms with Gasteiger partial charge in [0.1, 0.15) is 0 Å². The van der Waals surface area contributed by atoms with E-state index < -0.39 is 5.60 Å². The first-order valence-corrected chi connectivity index (χ1v) is 6.27. The van der Waals surface area contributed by atoms with E-state index in [1.807, 2.05) is 25.1 Å². The van der Waals surface area contributed by atoms with Crippen LogP contribution in [0, 0.1) is 0 Å². The van der Waals surface area contributed by atoms with Crippen LogP contribution in [-0.4, -0.2) is 30.0 Å². The first kappa shape index (κ1) is 12.6. The summed E-state index contributed by atoms with van der Waals surface area (Å²) >= 11 is 0. The molecule has 0 aliphatic carbocycles. The van der Waals surface area contributed by atoms with Gasteiger partial charge in [0.2, 0.25) is 0 Å². The highest BCUT2D eigenvalue weighted by molar-refractivity contribution is 5.14. The average molecular weight is 235 g/mol. The second-order valence-corrected chi connectivity index (χ2v) is 4.95. The number of benzene rings is 1. The van der Waals surface area contributed by atoms with Crippen LogP contribution in [-0.2, 0) is 11.3 Å². The van der Waals surface area contributed by atoms with Crippen molar-refractivity contribution in [1.29, 1.82) is 0 Å². The third-order valence-electron chi connectivity index (χ3n) is 3.26. The molecule has 0 saturated carbocycles. The van der Waals surface area contributed by atoms with Gasteiger partial charge < -0.3 is 15.2 Å². The molecule has 0 spiro atoms. The van der Waals surface area contributed by atoms with Crippen LogP contribution in [0.1, 0.15) is 25.3 Å². The van der Waals surface area contributed by atoms with Crippen molar-refractivity contribution in [2.24, 2.45) is 0 Å². The third kappa shape index (κ3) is 3.80. The minimum Gasteiger partial charge on any atom is -0.388 e. The van der Waals surface area contributed by atoms with Gasteiger partial charge in [-0.15, -0.1) is 0 Å². The Morgan fingerprint density at radius 3 is 2.88 bits per heavy atom. The van der Waals surface area contributed by atoms with Gasteiger partial charge >= 0.3 is 0 Å². The quantitative estimate of drug-likeness (QED) is 0.834. The van der Waals surface area contributed by atoms with Crippen molar-refractivity contribution < 1.29 is 9.84 Å². The average Bonchev–Trinajstić information content (AvgIpc) is 2.30. The van der Waals surface area contributed by atoms with Gasteiger partial charge in [-0.1, -0.05) is 30.3 Å². The minimum atomic E-state index is -0.605. The topological polar surface area (TPSA) is 41.5 Å². The van der Waals surface area contributed by atoms with E-state index in [2.05, 4.69) is 17.4 Å². The number of hydrogen-bond acceptors (Lipinski definition) is 3. The second kappa shape index (κ2) is 5.63. The molecule has 17 heavy (non-hydrogen) atoms. The highest BCUT2D eigenvalue weighted by Gasteiger charge is 2.32.